The number of carbonyl (C=O) groups is 1. The number of aryl methyl sites for hydroxylation is 1. The first-order chi connectivity index (χ1) is 8.69. The van der Waals surface area contributed by atoms with E-state index < -0.39 is 0 Å². The number of anilines is 1. The van der Waals surface area contributed by atoms with Crippen molar-refractivity contribution in [3.63, 3.8) is 0 Å². The molecule has 0 unspecified atom stereocenters. The summed E-state index contributed by atoms with van der Waals surface area (Å²) in [6.45, 7) is 2.41. The molecule has 6 heteroatoms. The quantitative estimate of drug-likeness (QED) is 0.851. The second-order valence-corrected chi connectivity index (χ2v) is 3.81. The van der Waals surface area contributed by atoms with Gasteiger partial charge >= 0.3 is 0 Å². The fourth-order valence-electron chi connectivity index (χ4n) is 1.38. The predicted molar refractivity (Wildman–Crippen MR) is 66.2 cm³/mol. The van der Waals surface area contributed by atoms with Crippen LogP contribution >= 0.6 is 0 Å². The summed E-state index contributed by atoms with van der Waals surface area (Å²) < 4.78 is 4.95. The van der Waals surface area contributed by atoms with Gasteiger partial charge in [0.1, 0.15) is 0 Å². The molecule has 18 heavy (non-hydrogen) atoms. The predicted octanol–water partition coefficient (Wildman–Crippen LogP) is 1.35. The molecule has 94 valence electrons. The van der Waals surface area contributed by atoms with E-state index in [9.17, 15) is 4.79 Å². The second-order valence-electron chi connectivity index (χ2n) is 3.81. The summed E-state index contributed by atoms with van der Waals surface area (Å²) in [4.78, 5) is 15.2. The molecule has 0 aliphatic heterocycles. The van der Waals surface area contributed by atoms with Crippen molar-refractivity contribution < 1.29 is 9.32 Å². The van der Waals surface area contributed by atoms with E-state index in [-0.39, 0.29) is 11.7 Å². The first kappa shape index (κ1) is 12.1. The fourth-order valence-corrected chi connectivity index (χ4v) is 1.38. The first-order valence-electron chi connectivity index (χ1n) is 5.54. The van der Waals surface area contributed by atoms with Crippen LogP contribution in [0.5, 0.6) is 0 Å². The second kappa shape index (κ2) is 5.31. The molecule has 0 aliphatic carbocycles. The minimum atomic E-state index is -0.361. The minimum Gasteiger partial charge on any atom is -0.376 e. The Kier molecular flexibility index (Phi) is 3.57. The zero-order valence-electron chi connectivity index (χ0n) is 10.2. The third-order valence-corrected chi connectivity index (χ3v) is 2.39. The summed E-state index contributed by atoms with van der Waals surface area (Å²) in [6, 6.07) is 7.94. The molecule has 0 aliphatic rings. The number of carbonyl (C=O) groups excluding carboxylic acids is 1. The average molecular weight is 246 g/mol. The monoisotopic (exact) mass is 246 g/mol. The molecule has 1 heterocycles. The Balaban J connectivity index is 1.96. The lowest BCUT2D eigenvalue weighted by atomic mass is 10.2. The zero-order chi connectivity index (χ0) is 13.0. The molecule has 1 aromatic carbocycles. The van der Waals surface area contributed by atoms with Crippen LogP contribution in [0.25, 0.3) is 0 Å². The number of nitrogens with one attached hydrogen (secondary N) is 2. The van der Waals surface area contributed by atoms with Crippen molar-refractivity contribution >= 4 is 11.6 Å². The van der Waals surface area contributed by atoms with Gasteiger partial charge in [0.25, 0.3) is 11.7 Å². The molecular weight excluding hydrogens is 232 g/mol. The van der Waals surface area contributed by atoms with E-state index in [2.05, 4.69) is 20.8 Å². The first-order valence-corrected chi connectivity index (χ1v) is 5.54. The number of benzene rings is 1. The number of aromatic nitrogens is 2. The van der Waals surface area contributed by atoms with Crippen molar-refractivity contribution in [3.05, 3.63) is 41.5 Å². The lowest BCUT2D eigenvalue weighted by molar-refractivity contribution is 0.0950. The minimum absolute atomic E-state index is 0.0400. The summed E-state index contributed by atoms with van der Waals surface area (Å²) in [5, 5.41) is 9.14. The average Bonchev–Trinajstić information content (AvgIpc) is 2.86. The molecule has 2 aromatic rings. The SMILES string of the molecule is CNC(=O)c1noc(CNc2ccc(C)cc2)n1. The normalized spacial score (nSPS) is 10.1. The van der Waals surface area contributed by atoms with Crippen LogP contribution < -0.4 is 10.6 Å². The maximum Gasteiger partial charge on any atom is 0.292 e. The Labute approximate surface area is 104 Å². The highest BCUT2D eigenvalue weighted by Gasteiger charge is 2.12. The van der Waals surface area contributed by atoms with Crippen LogP contribution in [0.15, 0.2) is 28.8 Å². The molecule has 6 nitrogen and oxygen atoms in total. The van der Waals surface area contributed by atoms with E-state index in [1.807, 2.05) is 31.2 Å². The molecule has 0 bridgehead atoms. The molecule has 1 amide bonds. The van der Waals surface area contributed by atoms with E-state index in [1.54, 1.807) is 0 Å². The summed E-state index contributed by atoms with van der Waals surface area (Å²) in [5.74, 6) is 0.0488. The number of nitrogens with zero attached hydrogens (tertiary/aromatic N) is 2. The highest BCUT2D eigenvalue weighted by atomic mass is 16.5. The van der Waals surface area contributed by atoms with Crippen LogP contribution in [-0.2, 0) is 6.54 Å². The largest absolute Gasteiger partial charge is 0.376 e. The summed E-state index contributed by atoms with van der Waals surface area (Å²) in [6.07, 6.45) is 0. The van der Waals surface area contributed by atoms with Gasteiger partial charge in [-0.3, -0.25) is 4.79 Å². The van der Waals surface area contributed by atoms with Gasteiger partial charge in [-0.15, -0.1) is 0 Å². The number of hydrogen-bond acceptors (Lipinski definition) is 5. The van der Waals surface area contributed by atoms with Crippen LogP contribution in [0.4, 0.5) is 5.69 Å². The lowest BCUT2D eigenvalue weighted by Crippen LogP contribution is -2.19. The van der Waals surface area contributed by atoms with Gasteiger partial charge < -0.3 is 15.2 Å². The number of rotatable bonds is 4. The van der Waals surface area contributed by atoms with Crippen molar-refractivity contribution in [1.82, 2.24) is 15.5 Å². The van der Waals surface area contributed by atoms with E-state index in [1.165, 1.54) is 12.6 Å². The summed E-state index contributed by atoms with van der Waals surface area (Å²) >= 11 is 0. The molecule has 0 spiro atoms. The Morgan fingerprint density at radius 2 is 2.06 bits per heavy atom. The Morgan fingerprint density at radius 1 is 1.33 bits per heavy atom. The van der Waals surface area contributed by atoms with Crippen LogP contribution in [0.1, 0.15) is 22.1 Å². The van der Waals surface area contributed by atoms with Crippen LogP contribution in [0.3, 0.4) is 0 Å². The van der Waals surface area contributed by atoms with Gasteiger partial charge in [-0.05, 0) is 19.1 Å². The Morgan fingerprint density at radius 3 is 2.72 bits per heavy atom. The van der Waals surface area contributed by atoms with Crippen LogP contribution in [-0.4, -0.2) is 23.1 Å². The van der Waals surface area contributed by atoms with Crippen molar-refractivity contribution in [2.45, 2.75) is 13.5 Å². The van der Waals surface area contributed by atoms with Gasteiger partial charge in [-0.25, -0.2) is 0 Å². The van der Waals surface area contributed by atoms with Gasteiger partial charge in [0, 0.05) is 12.7 Å². The molecule has 0 saturated heterocycles. The van der Waals surface area contributed by atoms with Gasteiger partial charge in [0.15, 0.2) is 0 Å². The standard InChI is InChI=1S/C12H14N4O2/c1-8-3-5-9(6-4-8)14-7-10-15-11(16-18-10)12(17)13-2/h3-6,14H,7H2,1-2H3,(H,13,17). The van der Waals surface area contributed by atoms with Gasteiger partial charge in [-0.2, -0.15) is 4.98 Å². The topological polar surface area (TPSA) is 80.0 Å². The third kappa shape index (κ3) is 2.85. The molecule has 2 N–H and O–H groups in total. The third-order valence-electron chi connectivity index (χ3n) is 2.39. The molecule has 1 aromatic heterocycles. The Hall–Kier alpha value is -2.37. The summed E-state index contributed by atoms with van der Waals surface area (Å²) in [5.41, 5.74) is 2.15. The lowest BCUT2D eigenvalue weighted by Gasteiger charge is -2.02. The molecular formula is C12H14N4O2. The molecule has 0 radical (unpaired) electrons. The zero-order valence-corrected chi connectivity index (χ0v) is 10.2. The Bertz CT molecular complexity index is 533. The van der Waals surface area contributed by atoms with Crippen molar-refractivity contribution in [2.75, 3.05) is 12.4 Å². The molecule has 0 atom stereocenters. The van der Waals surface area contributed by atoms with Crippen molar-refractivity contribution in [2.24, 2.45) is 0 Å². The fraction of sp³-hybridized carbons (Fsp3) is 0.250. The van der Waals surface area contributed by atoms with Crippen molar-refractivity contribution in [1.29, 1.82) is 0 Å². The smallest absolute Gasteiger partial charge is 0.292 e. The van der Waals surface area contributed by atoms with Crippen LogP contribution in [0, 0.1) is 6.92 Å². The number of amides is 1. The maximum absolute atomic E-state index is 11.2. The molecule has 2 rings (SSSR count). The van der Waals surface area contributed by atoms with Gasteiger partial charge in [0.2, 0.25) is 5.89 Å². The van der Waals surface area contributed by atoms with E-state index in [0.29, 0.717) is 12.4 Å². The molecule has 0 fully saturated rings. The van der Waals surface area contributed by atoms with E-state index in [0.717, 1.165) is 5.69 Å². The highest BCUT2D eigenvalue weighted by Crippen LogP contribution is 2.09. The van der Waals surface area contributed by atoms with E-state index in [4.69, 9.17) is 4.52 Å². The number of hydrogen-bond donors (Lipinski definition) is 2. The van der Waals surface area contributed by atoms with E-state index >= 15 is 0 Å². The van der Waals surface area contributed by atoms with Gasteiger partial charge in [-0.1, -0.05) is 22.9 Å². The van der Waals surface area contributed by atoms with Gasteiger partial charge in [0.05, 0.1) is 6.54 Å². The van der Waals surface area contributed by atoms with Crippen molar-refractivity contribution in [3.8, 4) is 0 Å². The highest BCUT2D eigenvalue weighted by molar-refractivity contribution is 5.89. The molecule has 0 saturated carbocycles. The summed E-state index contributed by atoms with van der Waals surface area (Å²) in [7, 11) is 1.52. The van der Waals surface area contributed by atoms with Crippen LogP contribution in [0.2, 0.25) is 0 Å². The maximum atomic E-state index is 11.2.